The lowest BCUT2D eigenvalue weighted by molar-refractivity contribution is 1.19. The fraction of sp³-hybridized carbons (Fsp3) is 0.273. The first-order chi connectivity index (χ1) is 7.63. The van der Waals surface area contributed by atoms with Gasteiger partial charge in [0.05, 0.1) is 5.52 Å². The summed E-state index contributed by atoms with van der Waals surface area (Å²) < 4.78 is 0. The lowest BCUT2D eigenvalue weighted by Crippen LogP contribution is -2.04. The van der Waals surface area contributed by atoms with E-state index in [2.05, 4.69) is 15.3 Å². The van der Waals surface area contributed by atoms with E-state index in [-0.39, 0.29) is 5.95 Å². The van der Waals surface area contributed by atoms with Crippen molar-refractivity contribution in [3.8, 4) is 0 Å². The molecule has 2 rings (SSSR count). The molecule has 0 saturated heterocycles. The van der Waals surface area contributed by atoms with Crippen molar-refractivity contribution < 1.29 is 0 Å². The predicted octanol–water partition coefficient (Wildman–Crippen LogP) is 1.53. The second-order valence-corrected chi connectivity index (χ2v) is 3.63. The van der Waals surface area contributed by atoms with Crippen LogP contribution in [0.1, 0.15) is 12.5 Å². The third-order valence-electron chi connectivity index (χ3n) is 2.54. The molecule has 0 fully saturated rings. The highest BCUT2D eigenvalue weighted by Gasteiger charge is 2.08. The zero-order chi connectivity index (χ0) is 11.7. The minimum atomic E-state index is 0.209. The summed E-state index contributed by atoms with van der Waals surface area (Å²) in [6.45, 7) is 4.91. The Morgan fingerprint density at radius 3 is 2.69 bits per heavy atom. The summed E-state index contributed by atoms with van der Waals surface area (Å²) in [5, 5.41) is 4.14. The number of hydrogen-bond acceptors (Lipinski definition) is 5. The van der Waals surface area contributed by atoms with Crippen molar-refractivity contribution in [2.45, 2.75) is 13.8 Å². The van der Waals surface area contributed by atoms with Crippen LogP contribution in [-0.4, -0.2) is 16.5 Å². The monoisotopic (exact) mass is 217 g/mol. The van der Waals surface area contributed by atoms with Crippen LogP contribution in [0, 0.1) is 6.92 Å². The number of nitrogen functional groups attached to an aromatic ring is 2. The highest BCUT2D eigenvalue weighted by molar-refractivity contribution is 5.95. The van der Waals surface area contributed by atoms with Gasteiger partial charge in [0.25, 0.3) is 0 Å². The SMILES string of the molecule is CCNc1ccc2nc(N)nc(N)c2c1C. The number of aryl methyl sites for hydroxylation is 1. The van der Waals surface area contributed by atoms with E-state index >= 15 is 0 Å². The average molecular weight is 217 g/mol. The molecule has 1 aromatic carbocycles. The molecule has 0 radical (unpaired) electrons. The Hall–Kier alpha value is -2.04. The summed E-state index contributed by atoms with van der Waals surface area (Å²) in [6, 6.07) is 3.88. The number of nitrogens with zero attached hydrogens (tertiary/aromatic N) is 2. The van der Waals surface area contributed by atoms with Crippen molar-refractivity contribution >= 4 is 28.4 Å². The first-order valence-corrected chi connectivity index (χ1v) is 5.19. The first kappa shape index (κ1) is 10.5. The van der Waals surface area contributed by atoms with Gasteiger partial charge in [0.15, 0.2) is 0 Å². The van der Waals surface area contributed by atoms with Crippen LogP contribution in [0.15, 0.2) is 12.1 Å². The van der Waals surface area contributed by atoms with Crippen LogP contribution in [0.5, 0.6) is 0 Å². The number of benzene rings is 1. The molecule has 0 unspecified atom stereocenters. The highest BCUT2D eigenvalue weighted by Crippen LogP contribution is 2.28. The minimum Gasteiger partial charge on any atom is -0.385 e. The number of hydrogen-bond donors (Lipinski definition) is 3. The molecule has 0 atom stereocenters. The van der Waals surface area contributed by atoms with Crippen molar-refractivity contribution in [3.63, 3.8) is 0 Å². The summed E-state index contributed by atoms with van der Waals surface area (Å²) in [5.41, 5.74) is 14.3. The maximum absolute atomic E-state index is 5.86. The maximum Gasteiger partial charge on any atom is 0.222 e. The minimum absolute atomic E-state index is 0.209. The number of nitrogens with two attached hydrogens (primary N) is 2. The van der Waals surface area contributed by atoms with Crippen LogP contribution in [-0.2, 0) is 0 Å². The smallest absolute Gasteiger partial charge is 0.222 e. The lowest BCUT2D eigenvalue weighted by Gasteiger charge is -2.11. The zero-order valence-electron chi connectivity index (χ0n) is 9.41. The Balaban J connectivity index is 2.73. The second kappa shape index (κ2) is 3.84. The first-order valence-electron chi connectivity index (χ1n) is 5.19. The summed E-state index contributed by atoms with van der Waals surface area (Å²) in [6.07, 6.45) is 0. The molecule has 0 aliphatic carbocycles. The van der Waals surface area contributed by atoms with Crippen LogP contribution in [0.2, 0.25) is 0 Å². The maximum atomic E-state index is 5.86. The van der Waals surface area contributed by atoms with Gasteiger partial charge in [0.1, 0.15) is 5.82 Å². The molecular weight excluding hydrogens is 202 g/mol. The van der Waals surface area contributed by atoms with Gasteiger partial charge < -0.3 is 16.8 Å². The number of aromatic nitrogens is 2. The molecule has 0 aliphatic rings. The van der Waals surface area contributed by atoms with Crippen molar-refractivity contribution in [3.05, 3.63) is 17.7 Å². The van der Waals surface area contributed by atoms with E-state index < -0.39 is 0 Å². The molecule has 1 aromatic heterocycles. The predicted molar refractivity (Wildman–Crippen MR) is 67.3 cm³/mol. The quantitative estimate of drug-likeness (QED) is 0.709. The van der Waals surface area contributed by atoms with Crippen LogP contribution >= 0.6 is 0 Å². The molecule has 5 N–H and O–H groups in total. The summed E-state index contributed by atoms with van der Waals surface area (Å²) in [5.74, 6) is 0.639. The molecule has 5 nitrogen and oxygen atoms in total. The molecule has 5 heteroatoms. The molecule has 1 heterocycles. The molecule has 0 bridgehead atoms. The van der Waals surface area contributed by atoms with E-state index in [0.29, 0.717) is 5.82 Å². The molecule has 0 spiro atoms. The van der Waals surface area contributed by atoms with E-state index in [1.165, 1.54) is 0 Å². The Bertz CT molecular complexity index is 535. The van der Waals surface area contributed by atoms with Crippen LogP contribution in [0.4, 0.5) is 17.5 Å². The summed E-state index contributed by atoms with van der Waals surface area (Å²) in [7, 11) is 0. The van der Waals surface area contributed by atoms with Gasteiger partial charge in [-0.25, -0.2) is 4.98 Å². The van der Waals surface area contributed by atoms with E-state index in [0.717, 1.165) is 28.7 Å². The molecule has 0 saturated carbocycles. The van der Waals surface area contributed by atoms with Crippen molar-refractivity contribution in [2.75, 3.05) is 23.3 Å². The van der Waals surface area contributed by atoms with E-state index in [1.807, 2.05) is 26.0 Å². The zero-order valence-corrected chi connectivity index (χ0v) is 9.41. The highest BCUT2D eigenvalue weighted by atomic mass is 15.0. The number of anilines is 3. The molecule has 0 amide bonds. The molecular formula is C11H15N5. The molecule has 0 aliphatic heterocycles. The fourth-order valence-corrected chi connectivity index (χ4v) is 1.82. The largest absolute Gasteiger partial charge is 0.385 e. The van der Waals surface area contributed by atoms with Crippen LogP contribution < -0.4 is 16.8 Å². The van der Waals surface area contributed by atoms with E-state index in [9.17, 15) is 0 Å². The Morgan fingerprint density at radius 1 is 1.25 bits per heavy atom. The van der Waals surface area contributed by atoms with Gasteiger partial charge in [-0.3, -0.25) is 0 Å². The van der Waals surface area contributed by atoms with Crippen molar-refractivity contribution in [1.29, 1.82) is 0 Å². The number of nitrogens with one attached hydrogen (secondary N) is 1. The Labute approximate surface area is 93.9 Å². The second-order valence-electron chi connectivity index (χ2n) is 3.63. The van der Waals surface area contributed by atoms with E-state index in [1.54, 1.807) is 0 Å². The van der Waals surface area contributed by atoms with Gasteiger partial charge in [-0.05, 0) is 31.5 Å². The lowest BCUT2D eigenvalue weighted by atomic mass is 10.1. The normalized spacial score (nSPS) is 10.6. The standard InChI is InChI=1S/C11H15N5/c1-3-14-7-4-5-8-9(6(7)2)10(12)16-11(13)15-8/h4-5,14H,3H2,1-2H3,(H4,12,13,15,16). The van der Waals surface area contributed by atoms with E-state index in [4.69, 9.17) is 11.5 Å². The van der Waals surface area contributed by atoms with Crippen LogP contribution in [0.3, 0.4) is 0 Å². The third-order valence-corrected chi connectivity index (χ3v) is 2.54. The van der Waals surface area contributed by atoms with Gasteiger partial charge in [-0.1, -0.05) is 0 Å². The van der Waals surface area contributed by atoms with Gasteiger partial charge in [0.2, 0.25) is 5.95 Å². The van der Waals surface area contributed by atoms with Gasteiger partial charge >= 0.3 is 0 Å². The fourth-order valence-electron chi connectivity index (χ4n) is 1.82. The van der Waals surface area contributed by atoms with Crippen molar-refractivity contribution in [2.24, 2.45) is 0 Å². The Kier molecular flexibility index (Phi) is 2.52. The Morgan fingerprint density at radius 2 is 2.00 bits per heavy atom. The van der Waals surface area contributed by atoms with Gasteiger partial charge in [0, 0.05) is 17.6 Å². The topological polar surface area (TPSA) is 89.8 Å². The average Bonchev–Trinajstić information content (AvgIpc) is 2.21. The van der Waals surface area contributed by atoms with Crippen LogP contribution in [0.25, 0.3) is 10.9 Å². The summed E-state index contributed by atoms with van der Waals surface area (Å²) >= 11 is 0. The number of fused-ring (bicyclic) bond motifs is 1. The molecule has 84 valence electrons. The number of rotatable bonds is 2. The molecule has 2 aromatic rings. The molecule has 16 heavy (non-hydrogen) atoms. The third kappa shape index (κ3) is 1.60. The van der Waals surface area contributed by atoms with Gasteiger partial charge in [-0.2, -0.15) is 4.98 Å². The van der Waals surface area contributed by atoms with Crippen molar-refractivity contribution in [1.82, 2.24) is 9.97 Å². The summed E-state index contributed by atoms with van der Waals surface area (Å²) in [4.78, 5) is 8.14. The van der Waals surface area contributed by atoms with Gasteiger partial charge in [-0.15, -0.1) is 0 Å².